The second-order valence-electron chi connectivity index (χ2n) is 6.50. The number of nitrogen functional groups attached to an aromatic ring is 1. The largest absolute Gasteiger partial charge is 0.399 e. The summed E-state index contributed by atoms with van der Waals surface area (Å²) in [6, 6.07) is 21.9. The van der Waals surface area contributed by atoms with E-state index in [9.17, 15) is 9.59 Å². The number of anilines is 2. The molecule has 28 heavy (non-hydrogen) atoms. The van der Waals surface area contributed by atoms with Gasteiger partial charge in [0.15, 0.2) is 0 Å². The molecule has 0 radical (unpaired) electrons. The summed E-state index contributed by atoms with van der Waals surface area (Å²) in [4.78, 5) is 24.4. The number of hydrogen-bond donors (Lipinski definition) is 3. The first-order valence-corrected chi connectivity index (χ1v) is 8.82. The highest BCUT2D eigenvalue weighted by Crippen LogP contribution is 2.26. The number of H-pyrrole nitrogens is 1. The summed E-state index contributed by atoms with van der Waals surface area (Å²) in [5.74, 6) is -0.137. The topological polar surface area (TPSA) is 101 Å². The van der Waals surface area contributed by atoms with Gasteiger partial charge in [-0.05, 0) is 35.9 Å². The molecular formula is C22H18N4O2. The van der Waals surface area contributed by atoms with Crippen molar-refractivity contribution in [3.8, 4) is 11.3 Å². The Morgan fingerprint density at radius 2 is 1.75 bits per heavy atom. The summed E-state index contributed by atoms with van der Waals surface area (Å²) >= 11 is 0. The van der Waals surface area contributed by atoms with E-state index in [1.54, 1.807) is 18.2 Å². The van der Waals surface area contributed by atoms with Gasteiger partial charge in [0.25, 0.3) is 5.56 Å². The van der Waals surface area contributed by atoms with Crippen LogP contribution in [0.5, 0.6) is 0 Å². The maximum atomic E-state index is 12.4. The molecule has 4 N–H and O–H groups in total. The van der Waals surface area contributed by atoms with Gasteiger partial charge in [-0.3, -0.25) is 9.59 Å². The Labute approximate surface area is 161 Å². The summed E-state index contributed by atoms with van der Waals surface area (Å²) in [5.41, 5.74) is 9.12. The molecule has 0 aliphatic rings. The molecule has 1 heterocycles. The van der Waals surface area contributed by atoms with Gasteiger partial charge < -0.3 is 11.1 Å². The lowest BCUT2D eigenvalue weighted by Crippen LogP contribution is -2.14. The van der Waals surface area contributed by atoms with E-state index in [-0.39, 0.29) is 17.9 Å². The normalized spacial score (nSPS) is 10.7. The Hall–Kier alpha value is -3.93. The van der Waals surface area contributed by atoms with Crippen LogP contribution in [0.25, 0.3) is 22.0 Å². The van der Waals surface area contributed by atoms with Crippen molar-refractivity contribution in [2.75, 3.05) is 11.1 Å². The molecule has 0 fully saturated rings. The molecule has 0 unspecified atom stereocenters. The number of benzene rings is 3. The number of aromatic amines is 1. The average molecular weight is 370 g/mol. The Morgan fingerprint density at radius 1 is 0.964 bits per heavy atom. The van der Waals surface area contributed by atoms with E-state index >= 15 is 0 Å². The van der Waals surface area contributed by atoms with Gasteiger partial charge in [-0.25, -0.2) is 5.10 Å². The van der Waals surface area contributed by atoms with E-state index in [1.165, 1.54) is 0 Å². The fraction of sp³-hybridized carbons (Fsp3) is 0.0455. The summed E-state index contributed by atoms with van der Waals surface area (Å²) < 4.78 is 0. The number of nitrogens with one attached hydrogen (secondary N) is 2. The molecule has 4 aromatic rings. The lowest BCUT2D eigenvalue weighted by atomic mass is 10.0. The van der Waals surface area contributed by atoms with Crippen molar-refractivity contribution in [1.82, 2.24) is 10.2 Å². The van der Waals surface area contributed by atoms with Gasteiger partial charge in [0.2, 0.25) is 5.91 Å². The minimum absolute atomic E-state index is 0.137. The third-order valence-corrected chi connectivity index (χ3v) is 4.43. The molecular weight excluding hydrogens is 352 g/mol. The van der Waals surface area contributed by atoms with Gasteiger partial charge >= 0.3 is 0 Å². The van der Waals surface area contributed by atoms with Gasteiger partial charge in [-0.15, -0.1) is 0 Å². The van der Waals surface area contributed by atoms with Gasteiger partial charge in [-0.2, -0.15) is 5.10 Å². The SMILES string of the molecule is Nc1cccc(CC(=O)Nc2cccc(-c3n[nH]c(=O)c4ccccc34)c2)c1. The molecule has 1 amide bonds. The molecule has 1 aromatic heterocycles. The summed E-state index contributed by atoms with van der Waals surface area (Å²) in [6.45, 7) is 0. The van der Waals surface area contributed by atoms with Gasteiger partial charge in [-0.1, -0.05) is 42.5 Å². The van der Waals surface area contributed by atoms with Crippen LogP contribution in [0.1, 0.15) is 5.56 Å². The van der Waals surface area contributed by atoms with Crippen LogP contribution in [-0.4, -0.2) is 16.1 Å². The van der Waals surface area contributed by atoms with Gasteiger partial charge in [0.05, 0.1) is 17.5 Å². The monoisotopic (exact) mass is 370 g/mol. The molecule has 0 atom stereocenters. The first kappa shape index (κ1) is 17.5. The maximum absolute atomic E-state index is 12.4. The molecule has 3 aromatic carbocycles. The van der Waals surface area contributed by atoms with Crippen LogP contribution >= 0.6 is 0 Å². The second kappa shape index (κ2) is 7.36. The predicted octanol–water partition coefficient (Wildman–Crippen LogP) is 3.35. The molecule has 0 aliphatic heterocycles. The van der Waals surface area contributed by atoms with Crippen molar-refractivity contribution < 1.29 is 4.79 Å². The van der Waals surface area contributed by atoms with E-state index < -0.39 is 0 Å². The summed E-state index contributed by atoms with van der Waals surface area (Å²) in [5, 5.41) is 11.0. The molecule has 0 saturated carbocycles. The minimum Gasteiger partial charge on any atom is -0.399 e. The Morgan fingerprint density at radius 3 is 2.57 bits per heavy atom. The van der Waals surface area contributed by atoms with Crippen LogP contribution in [0.3, 0.4) is 0 Å². The van der Waals surface area contributed by atoms with Crippen molar-refractivity contribution in [1.29, 1.82) is 0 Å². The van der Waals surface area contributed by atoms with Crippen molar-refractivity contribution in [3.05, 3.63) is 88.7 Å². The number of carbonyl (C=O) groups excluding carboxylic acids is 1. The highest BCUT2D eigenvalue weighted by molar-refractivity contribution is 5.96. The number of amides is 1. The lowest BCUT2D eigenvalue weighted by molar-refractivity contribution is -0.115. The van der Waals surface area contributed by atoms with E-state index in [4.69, 9.17) is 5.73 Å². The molecule has 6 nitrogen and oxygen atoms in total. The number of nitrogens with two attached hydrogens (primary N) is 1. The van der Waals surface area contributed by atoms with Gasteiger partial charge in [0.1, 0.15) is 0 Å². The number of rotatable bonds is 4. The van der Waals surface area contributed by atoms with E-state index in [1.807, 2.05) is 54.6 Å². The standard InChI is InChI=1S/C22H18N4O2/c23-16-7-3-5-14(11-16)12-20(27)24-17-8-4-6-15(13-17)21-18-9-1-2-10-19(18)22(28)26-25-21/h1-11,13H,12,23H2,(H,24,27)(H,26,28). The quantitative estimate of drug-likeness (QED) is 0.480. The van der Waals surface area contributed by atoms with Crippen molar-refractivity contribution >= 4 is 28.1 Å². The van der Waals surface area contributed by atoms with Crippen molar-refractivity contribution in [3.63, 3.8) is 0 Å². The summed E-state index contributed by atoms with van der Waals surface area (Å²) in [7, 11) is 0. The Bertz CT molecular complexity index is 1230. The number of carbonyl (C=O) groups is 1. The van der Waals surface area contributed by atoms with Crippen LogP contribution in [0.4, 0.5) is 11.4 Å². The Kier molecular flexibility index (Phi) is 4.60. The number of fused-ring (bicyclic) bond motifs is 1. The van der Waals surface area contributed by atoms with Crippen molar-refractivity contribution in [2.45, 2.75) is 6.42 Å². The number of hydrogen-bond acceptors (Lipinski definition) is 4. The molecule has 0 spiro atoms. The Balaban J connectivity index is 1.61. The van der Waals surface area contributed by atoms with Crippen LogP contribution < -0.4 is 16.6 Å². The molecule has 4 rings (SSSR count). The summed E-state index contributed by atoms with van der Waals surface area (Å²) in [6.07, 6.45) is 0.231. The van der Waals surface area contributed by atoms with Crippen LogP contribution in [0.15, 0.2) is 77.6 Å². The van der Waals surface area contributed by atoms with Crippen molar-refractivity contribution in [2.24, 2.45) is 0 Å². The van der Waals surface area contributed by atoms with Crippen LogP contribution in [0.2, 0.25) is 0 Å². The predicted molar refractivity (Wildman–Crippen MR) is 111 cm³/mol. The molecule has 0 saturated heterocycles. The zero-order valence-electron chi connectivity index (χ0n) is 15.0. The lowest BCUT2D eigenvalue weighted by Gasteiger charge is -2.09. The second-order valence-corrected chi connectivity index (χ2v) is 6.50. The number of nitrogens with zero attached hydrogens (tertiary/aromatic N) is 1. The highest BCUT2D eigenvalue weighted by Gasteiger charge is 2.10. The first-order chi connectivity index (χ1) is 13.6. The van der Waals surface area contributed by atoms with Crippen LogP contribution in [-0.2, 0) is 11.2 Å². The third kappa shape index (κ3) is 3.61. The van der Waals surface area contributed by atoms with Gasteiger partial charge in [0, 0.05) is 22.3 Å². The van der Waals surface area contributed by atoms with E-state index in [0.717, 1.165) is 16.5 Å². The third-order valence-electron chi connectivity index (χ3n) is 4.43. The smallest absolute Gasteiger partial charge is 0.272 e. The first-order valence-electron chi connectivity index (χ1n) is 8.82. The van der Waals surface area contributed by atoms with E-state index in [2.05, 4.69) is 15.5 Å². The minimum atomic E-state index is -0.231. The zero-order valence-corrected chi connectivity index (χ0v) is 15.0. The fourth-order valence-corrected chi connectivity index (χ4v) is 3.17. The molecule has 0 bridgehead atoms. The molecule has 0 aliphatic carbocycles. The number of aromatic nitrogens is 2. The average Bonchev–Trinajstić information content (AvgIpc) is 2.68. The fourth-order valence-electron chi connectivity index (χ4n) is 3.17. The van der Waals surface area contributed by atoms with E-state index in [0.29, 0.717) is 22.5 Å². The van der Waals surface area contributed by atoms with Crippen LogP contribution in [0, 0.1) is 0 Å². The maximum Gasteiger partial charge on any atom is 0.272 e. The zero-order chi connectivity index (χ0) is 19.5. The highest BCUT2D eigenvalue weighted by atomic mass is 16.1. The molecule has 138 valence electrons. The molecule has 6 heteroatoms.